The molecule has 2 aromatic carbocycles. The predicted octanol–water partition coefficient (Wildman–Crippen LogP) is 2.96. The molecule has 2 heterocycles. The number of fused-ring (bicyclic) bond motifs is 2. The van der Waals surface area contributed by atoms with E-state index in [0.717, 1.165) is 4.70 Å². The van der Waals surface area contributed by atoms with Crippen LogP contribution in [0.1, 0.15) is 26.3 Å². The molecule has 1 atom stereocenters. The first kappa shape index (κ1) is 21.9. The number of hydrogen-bond donors (Lipinski definition) is 3. The predicted molar refractivity (Wildman–Crippen MR) is 124 cm³/mol. The Morgan fingerprint density at radius 1 is 1.12 bits per heavy atom. The lowest BCUT2D eigenvalue weighted by atomic mass is 10.0. The summed E-state index contributed by atoms with van der Waals surface area (Å²) in [5, 5.41) is 5.89. The number of nitrogens with zero attached hydrogens (tertiary/aromatic N) is 2. The van der Waals surface area contributed by atoms with Gasteiger partial charge in [-0.25, -0.2) is 13.4 Å². The van der Waals surface area contributed by atoms with Crippen LogP contribution in [0.3, 0.4) is 0 Å². The zero-order valence-electron chi connectivity index (χ0n) is 17.5. The molecule has 32 heavy (non-hydrogen) atoms. The maximum absolute atomic E-state index is 13.0. The number of amidine groups is 1. The number of carbonyl (C=O) groups excluding carboxylic acids is 2. The number of thiazole rings is 1. The number of aliphatic imine (C=N–C) groups is 1. The summed E-state index contributed by atoms with van der Waals surface area (Å²) in [4.78, 5) is 33.3. The van der Waals surface area contributed by atoms with E-state index >= 15 is 0 Å². The Hall–Kier alpha value is -3.31. The first-order valence-electron chi connectivity index (χ1n) is 9.83. The molecule has 9 nitrogen and oxygen atoms in total. The molecule has 1 aliphatic rings. The van der Waals surface area contributed by atoms with Crippen molar-refractivity contribution in [3.63, 3.8) is 0 Å². The van der Waals surface area contributed by atoms with Gasteiger partial charge in [0.1, 0.15) is 11.9 Å². The number of carbonyl (C=O) groups is 2. The van der Waals surface area contributed by atoms with Gasteiger partial charge in [-0.15, -0.1) is 0 Å². The lowest BCUT2D eigenvalue weighted by molar-refractivity contribution is -0.118. The maximum atomic E-state index is 13.0. The largest absolute Gasteiger partial charge is 0.326 e. The van der Waals surface area contributed by atoms with Gasteiger partial charge in [0.2, 0.25) is 5.91 Å². The quantitative estimate of drug-likeness (QED) is 0.527. The third-order valence-corrected chi connectivity index (χ3v) is 7.10. The van der Waals surface area contributed by atoms with E-state index in [-0.39, 0.29) is 22.6 Å². The third kappa shape index (κ3) is 4.34. The van der Waals surface area contributed by atoms with Crippen LogP contribution < -0.4 is 15.4 Å². The summed E-state index contributed by atoms with van der Waals surface area (Å²) in [7, 11) is -3.69. The summed E-state index contributed by atoms with van der Waals surface area (Å²) >= 11 is 1.27. The molecule has 3 aromatic rings. The molecule has 3 N–H and O–H groups in total. The molecule has 0 saturated carbocycles. The van der Waals surface area contributed by atoms with Crippen LogP contribution in [-0.2, 0) is 19.6 Å². The average Bonchev–Trinajstić information content (AvgIpc) is 3.22. The second-order valence-electron chi connectivity index (χ2n) is 7.64. The van der Waals surface area contributed by atoms with Crippen LogP contribution in [0.25, 0.3) is 10.2 Å². The number of rotatable bonds is 5. The van der Waals surface area contributed by atoms with E-state index in [4.69, 9.17) is 0 Å². The fraction of sp³-hybridized carbons (Fsp3) is 0.238. The Labute approximate surface area is 189 Å². The van der Waals surface area contributed by atoms with Crippen LogP contribution in [0.4, 0.5) is 10.8 Å². The van der Waals surface area contributed by atoms with Gasteiger partial charge in [-0.1, -0.05) is 37.3 Å². The molecule has 0 unspecified atom stereocenters. The van der Waals surface area contributed by atoms with Gasteiger partial charge in [-0.2, -0.15) is 0 Å². The number of anilines is 2. The minimum absolute atomic E-state index is 0.141. The van der Waals surface area contributed by atoms with Crippen molar-refractivity contribution in [3.05, 3.63) is 48.0 Å². The molecule has 11 heteroatoms. The van der Waals surface area contributed by atoms with Crippen LogP contribution >= 0.6 is 11.3 Å². The van der Waals surface area contributed by atoms with Crippen LogP contribution in [0.15, 0.2) is 52.4 Å². The Bertz CT molecular complexity index is 1360. The smallest absolute Gasteiger partial charge is 0.263 e. The number of hydrogen-bond acceptors (Lipinski definition) is 7. The van der Waals surface area contributed by atoms with Crippen molar-refractivity contribution < 1.29 is 18.0 Å². The molecule has 1 aliphatic heterocycles. The normalized spacial score (nSPS) is 16.6. The highest BCUT2D eigenvalue weighted by Gasteiger charge is 2.32. The topological polar surface area (TPSA) is 130 Å². The molecule has 0 bridgehead atoms. The van der Waals surface area contributed by atoms with Gasteiger partial charge < -0.3 is 10.6 Å². The first-order valence-corrected chi connectivity index (χ1v) is 12.1. The minimum atomic E-state index is -3.69. The molecular formula is C21H21N5O4S2. The molecule has 0 spiro atoms. The van der Waals surface area contributed by atoms with Gasteiger partial charge in [0.05, 0.1) is 15.1 Å². The summed E-state index contributed by atoms with van der Waals surface area (Å²) in [6.45, 7) is 5.10. The van der Waals surface area contributed by atoms with E-state index in [1.54, 1.807) is 36.4 Å². The van der Waals surface area contributed by atoms with Gasteiger partial charge in [-0.3, -0.25) is 19.3 Å². The van der Waals surface area contributed by atoms with Crippen LogP contribution in [-0.4, -0.2) is 37.1 Å². The molecule has 0 radical (unpaired) electrons. The minimum Gasteiger partial charge on any atom is -0.326 e. The van der Waals surface area contributed by atoms with Crippen molar-refractivity contribution in [3.8, 4) is 0 Å². The highest BCUT2D eigenvalue weighted by atomic mass is 32.2. The first-order chi connectivity index (χ1) is 15.1. The van der Waals surface area contributed by atoms with E-state index in [1.807, 2.05) is 13.8 Å². The van der Waals surface area contributed by atoms with Gasteiger partial charge >= 0.3 is 0 Å². The number of benzene rings is 2. The molecule has 0 fully saturated rings. The van der Waals surface area contributed by atoms with Crippen molar-refractivity contribution in [1.82, 2.24) is 9.71 Å². The van der Waals surface area contributed by atoms with Gasteiger partial charge in [0, 0.05) is 18.2 Å². The number of amides is 2. The van der Waals surface area contributed by atoms with E-state index < -0.39 is 22.0 Å². The summed E-state index contributed by atoms with van der Waals surface area (Å²) in [5.41, 5.74) is 1.77. The molecule has 1 aromatic heterocycles. The summed E-state index contributed by atoms with van der Waals surface area (Å²) in [6, 6.07) is 11.0. The van der Waals surface area contributed by atoms with Crippen molar-refractivity contribution in [2.45, 2.75) is 31.7 Å². The highest BCUT2D eigenvalue weighted by Crippen LogP contribution is 2.29. The lowest BCUT2D eigenvalue weighted by Crippen LogP contribution is -2.34. The van der Waals surface area contributed by atoms with Gasteiger partial charge in [0.25, 0.3) is 15.9 Å². The molecular weight excluding hydrogens is 450 g/mol. The third-order valence-electron chi connectivity index (χ3n) is 4.77. The van der Waals surface area contributed by atoms with E-state index in [2.05, 4.69) is 25.3 Å². The molecule has 0 saturated heterocycles. The van der Waals surface area contributed by atoms with Crippen molar-refractivity contribution >= 4 is 60.0 Å². The molecule has 0 aliphatic carbocycles. The number of aromatic nitrogens is 1. The highest BCUT2D eigenvalue weighted by molar-refractivity contribution is 7.90. The Kier molecular flexibility index (Phi) is 5.70. The van der Waals surface area contributed by atoms with Crippen LogP contribution in [0.2, 0.25) is 0 Å². The van der Waals surface area contributed by atoms with Crippen molar-refractivity contribution in [2.75, 3.05) is 10.6 Å². The standard InChI is InChI=1S/C21H21N5O4S2/c1-11(2)18(24-19-14-6-4-5-7-17(14)32(29,30)26-19)20(28)25-21-23-15-9-8-13(22-12(3)27)10-16(15)31-21/h4-11,18H,1-3H3,(H,22,27)(H,24,26)(H,23,25,28)/t18-/m0/s1. The Morgan fingerprint density at radius 2 is 1.88 bits per heavy atom. The van der Waals surface area contributed by atoms with Crippen LogP contribution in [0.5, 0.6) is 0 Å². The number of nitrogens with one attached hydrogen (secondary N) is 3. The fourth-order valence-corrected chi connectivity index (χ4v) is 5.46. The SMILES string of the molecule is CC(=O)Nc1ccc2nc(NC(=O)[C@@H](N=C3NS(=O)(=O)c4ccccc43)C(C)C)sc2c1. The molecule has 2 amide bonds. The number of sulfonamides is 1. The second-order valence-corrected chi connectivity index (χ2v) is 10.3. The Morgan fingerprint density at radius 3 is 2.59 bits per heavy atom. The molecule has 4 rings (SSSR count). The lowest BCUT2D eigenvalue weighted by Gasteiger charge is -2.16. The Balaban J connectivity index is 1.60. The van der Waals surface area contributed by atoms with E-state index in [0.29, 0.717) is 21.9 Å². The fourth-order valence-electron chi connectivity index (χ4n) is 3.32. The van der Waals surface area contributed by atoms with Gasteiger partial charge in [0.15, 0.2) is 5.13 Å². The zero-order chi connectivity index (χ0) is 23.0. The van der Waals surface area contributed by atoms with Gasteiger partial charge in [-0.05, 0) is 36.2 Å². The second kappa shape index (κ2) is 8.32. The maximum Gasteiger partial charge on any atom is 0.263 e. The van der Waals surface area contributed by atoms with Crippen molar-refractivity contribution in [1.29, 1.82) is 0 Å². The van der Waals surface area contributed by atoms with E-state index in [1.165, 1.54) is 24.3 Å². The summed E-state index contributed by atoms with van der Waals surface area (Å²) in [6.07, 6.45) is 0. The monoisotopic (exact) mass is 471 g/mol. The van der Waals surface area contributed by atoms with Crippen molar-refractivity contribution in [2.24, 2.45) is 10.9 Å². The zero-order valence-corrected chi connectivity index (χ0v) is 19.2. The van der Waals surface area contributed by atoms with Crippen LogP contribution in [0, 0.1) is 5.92 Å². The summed E-state index contributed by atoms with van der Waals surface area (Å²) < 4.78 is 27.9. The summed E-state index contributed by atoms with van der Waals surface area (Å²) in [5.74, 6) is -0.609. The van der Waals surface area contributed by atoms with E-state index in [9.17, 15) is 18.0 Å². The molecule has 166 valence electrons. The average molecular weight is 472 g/mol.